The minimum Gasteiger partial charge on any atom is -0.383 e. The molecule has 1 saturated carbocycles. The normalized spacial score (nSPS) is 27.8. The summed E-state index contributed by atoms with van der Waals surface area (Å²) in [4.78, 5) is 4.11. The molecule has 1 fully saturated rings. The topological polar surface area (TPSA) is 34.1 Å². The first-order valence-corrected chi connectivity index (χ1v) is 6.40. The second-order valence-corrected chi connectivity index (χ2v) is 5.00. The Kier molecular flexibility index (Phi) is 4.13. The highest BCUT2D eigenvalue weighted by atomic mass is 16.5. The van der Waals surface area contributed by atoms with Crippen LogP contribution >= 0.6 is 0 Å². The highest BCUT2D eigenvalue weighted by Crippen LogP contribution is 2.47. The van der Waals surface area contributed by atoms with Crippen LogP contribution in [0.25, 0.3) is 0 Å². The van der Waals surface area contributed by atoms with Crippen LogP contribution in [0.3, 0.4) is 0 Å². The van der Waals surface area contributed by atoms with Crippen LogP contribution in [0.1, 0.15) is 25.3 Å². The number of rotatable bonds is 6. The van der Waals surface area contributed by atoms with Gasteiger partial charge in [0.2, 0.25) is 0 Å². The summed E-state index contributed by atoms with van der Waals surface area (Å²) in [6, 6.07) is 4.32. The summed E-state index contributed by atoms with van der Waals surface area (Å²) in [6.45, 7) is 5.10. The zero-order valence-electron chi connectivity index (χ0n) is 10.8. The SMILES string of the molecule is COCCNCC1(c2ccncc2)CCC1C. The highest BCUT2D eigenvalue weighted by molar-refractivity contribution is 5.28. The lowest BCUT2D eigenvalue weighted by Crippen LogP contribution is -2.50. The third kappa shape index (κ3) is 2.50. The van der Waals surface area contributed by atoms with Gasteiger partial charge in [-0.2, -0.15) is 0 Å². The van der Waals surface area contributed by atoms with E-state index in [1.807, 2.05) is 12.4 Å². The van der Waals surface area contributed by atoms with Crippen molar-refractivity contribution in [3.05, 3.63) is 30.1 Å². The first-order valence-electron chi connectivity index (χ1n) is 6.40. The lowest BCUT2D eigenvalue weighted by molar-refractivity contribution is 0.127. The van der Waals surface area contributed by atoms with Gasteiger partial charge in [-0.3, -0.25) is 4.98 Å². The Labute approximate surface area is 104 Å². The Morgan fingerprint density at radius 2 is 2.24 bits per heavy atom. The molecule has 1 aliphatic rings. The van der Waals surface area contributed by atoms with Crippen LogP contribution < -0.4 is 5.32 Å². The minimum absolute atomic E-state index is 0.316. The lowest BCUT2D eigenvalue weighted by atomic mass is 9.57. The highest BCUT2D eigenvalue weighted by Gasteiger charge is 2.44. The van der Waals surface area contributed by atoms with E-state index in [4.69, 9.17) is 4.74 Å². The Morgan fingerprint density at radius 1 is 1.47 bits per heavy atom. The number of nitrogens with one attached hydrogen (secondary N) is 1. The average molecular weight is 234 g/mol. The Morgan fingerprint density at radius 3 is 2.76 bits per heavy atom. The summed E-state index contributed by atoms with van der Waals surface area (Å²) in [7, 11) is 1.74. The smallest absolute Gasteiger partial charge is 0.0587 e. The van der Waals surface area contributed by atoms with Gasteiger partial charge in [0.15, 0.2) is 0 Å². The zero-order valence-corrected chi connectivity index (χ0v) is 10.8. The fourth-order valence-electron chi connectivity index (χ4n) is 2.74. The standard InChI is InChI=1S/C14H22N2O/c1-12-3-6-14(12,11-16-9-10-17-2)13-4-7-15-8-5-13/h4-5,7-8,12,16H,3,6,9-11H2,1-2H3. The van der Waals surface area contributed by atoms with Crippen LogP contribution in [0.5, 0.6) is 0 Å². The quantitative estimate of drug-likeness (QED) is 0.764. The van der Waals surface area contributed by atoms with E-state index in [9.17, 15) is 0 Å². The van der Waals surface area contributed by atoms with Crippen molar-refractivity contribution in [2.45, 2.75) is 25.2 Å². The second kappa shape index (κ2) is 5.61. The third-order valence-corrected chi connectivity index (χ3v) is 4.15. The van der Waals surface area contributed by atoms with Crippen molar-refractivity contribution >= 4 is 0 Å². The molecule has 3 nitrogen and oxygen atoms in total. The molecule has 2 rings (SSSR count). The molecule has 94 valence electrons. The van der Waals surface area contributed by atoms with Gasteiger partial charge in [-0.1, -0.05) is 6.92 Å². The first-order chi connectivity index (χ1) is 8.29. The summed E-state index contributed by atoms with van der Waals surface area (Å²) >= 11 is 0. The molecule has 0 saturated heterocycles. The largest absolute Gasteiger partial charge is 0.383 e. The number of nitrogens with zero attached hydrogens (tertiary/aromatic N) is 1. The molecule has 1 aromatic rings. The van der Waals surface area contributed by atoms with E-state index in [2.05, 4.69) is 29.4 Å². The average Bonchev–Trinajstić information content (AvgIpc) is 2.38. The molecule has 0 radical (unpaired) electrons. The summed E-state index contributed by atoms with van der Waals surface area (Å²) < 4.78 is 5.07. The fraction of sp³-hybridized carbons (Fsp3) is 0.643. The summed E-state index contributed by atoms with van der Waals surface area (Å²) in [6.07, 6.45) is 6.40. The summed E-state index contributed by atoms with van der Waals surface area (Å²) in [5.74, 6) is 0.750. The number of methoxy groups -OCH3 is 1. The monoisotopic (exact) mass is 234 g/mol. The fourth-order valence-corrected chi connectivity index (χ4v) is 2.74. The molecule has 0 aromatic carbocycles. The van der Waals surface area contributed by atoms with E-state index in [1.54, 1.807) is 7.11 Å². The van der Waals surface area contributed by atoms with Crippen LogP contribution in [-0.4, -0.2) is 31.8 Å². The van der Waals surface area contributed by atoms with Crippen molar-refractivity contribution in [1.29, 1.82) is 0 Å². The molecule has 1 aliphatic carbocycles. The Hall–Kier alpha value is -0.930. The third-order valence-electron chi connectivity index (χ3n) is 4.15. The van der Waals surface area contributed by atoms with Crippen LogP contribution in [-0.2, 0) is 10.2 Å². The molecule has 1 heterocycles. The van der Waals surface area contributed by atoms with Crippen molar-refractivity contribution in [2.75, 3.05) is 26.8 Å². The molecule has 3 heteroatoms. The van der Waals surface area contributed by atoms with Gasteiger partial charge in [-0.15, -0.1) is 0 Å². The summed E-state index contributed by atoms with van der Waals surface area (Å²) in [5, 5.41) is 3.51. The summed E-state index contributed by atoms with van der Waals surface area (Å²) in [5.41, 5.74) is 1.74. The molecular formula is C14H22N2O. The van der Waals surface area contributed by atoms with Crippen molar-refractivity contribution in [2.24, 2.45) is 5.92 Å². The number of hydrogen-bond donors (Lipinski definition) is 1. The van der Waals surface area contributed by atoms with Crippen LogP contribution in [0.15, 0.2) is 24.5 Å². The van der Waals surface area contributed by atoms with Gasteiger partial charge in [0, 0.05) is 38.0 Å². The Bertz CT molecular complexity index is 341. The number of ether oxygens (including phenoxy) is 1. The molecular weight excluding hydrogens is 212 g/mol. The molecule has 1 aromatic heterocycles. The maximum absolute atomic E-state index is 5.07. The molecule has 0 bridgehead atoms. The second-order valence-electron chi connectivity index (χ2n) is 5.00. The van der Waals surface area contributed by atoms with Crippen LogP contribution in [0.2, 0.25) is 0 Å². The van der Waals surface area contributed by atoms with Crippen molar-refractivity contribution < 1.29 is 4.74 Å². The number of pyridine rings is 1. The van der Waals surface area contributed by atoms with Crippen LogP contribution in [0, 0.1) is 5.92 Å². The molecule has 0 spiro atoms. The van der Waals surface area contributed by atoms with E-state index in [-0.39, 0.29) is 0 Å². The molecule has 1 N–H and O–H groups in total. The molecule has 17 heavy (non-hydrogen) atoms. The van der Waals surface area contributed by atoms with Gasteiger partial charge in [0.25, 0.3) is 0 Å². The van der Waals surface area contributed by atoms with E-state index in [1.165, 1.54) is 18.4 Å². The van der Waals surface area contributed by atoms with Gasteiger partial charge in [-0.25, -0.2) is 0 Å². The van der Waals surface area contributed by atoms with Gasteiger partial charge in [0.05, 0.1) is 6.61 Å². The van der Waals surface area contributed by atoms with E-state index in [0.29, 0.717) is 5.41 Å². The van der Waals surface area contributed by atoms with Crippen molar-refractivity contribution in [3.63, 3.8) is 0 Å². The van der Waals surface area contributed by atoms with Gasteiger partial charge >= 0.3 is 0 Å². The van der Waals surface area contributed by atoms with E-state index in [0.717, 1.165) is 25.6 Å². The number of aromatic nitrogens is 1. The van der Waals surface area contributed by atoms with Gasteiger partial charge in [0.1, 0.15) is 0 Å². The predicted molar refractivity (Wildman–Crippen MR) is 69.1 cm³/mol. The molecule has 0 amide bonds. The molecule has 2 atom stereocenters. The minimum atomic E-state index is 0.316. The van der Waals surface area contributed by atoms with E-state index < -0.39 is 0 Å². The van der Waals surface area contributed by atoms with Crippen molar-refractivity contribution in [1.82, 2.24) is 10.3 Å². The van der Waals surface area contributed by atoms with Gasteiger partial charge in [-0.05, 0) is 36.5 Å². The predicted octanol–water partition coefficient (Wildman–Crippen LogP) is 1.99. The first kappa shape index (κ1) is 12.5. The van der Waals surface area contributed by atoms with E-state index >= 15 is 0 Å². The zero-order chi connectivity index (χ0) is 12.1. The molecule has 2 unspecified atom stereocenters. The lowest BCUT2D eigenvalue weighted by Gasteiger charge is -2.49. The van der Waals surface area contributed by atoms with Crippen LogP contribution in [0.4, 0.5) is 0 Å². The Balaban J connectivity index is 2.01. The van der Waals surface area contributed by atoms with Gasteiger partial charge < -0.3 is 10.1 Å². The maximum Gasteiger partial charge on any atom is 0.0587 e. The molecule has 0 aliphatic heterocycles. The number of hydrogen-bond acceptors (Lipinski definition) is 3. The maximum atomic E-state index is 5.07. The van der Waals surface area contributed by atoms with Crippen molar-refractivity contribution in [3.8, 4) is 0 Å².